The molecule has 0 saturated heterocycles. The SMILES string of the molecule is CC[NH+]=c1cc2oc3cc(O)c(C)cc3c(-c3ccccc3)c-2cc1C. The van der Waals surface area contributed by atoms with Gasteiger partial charge in [-0.15, -0.1) is 0 Å². The third-order valence-corrected chi connectivity index (χ3v) is 4.81. The highest BCUT2D eigenvalue weighted by Gasteiger charge is 2.19. The molecule has 26 heavy (non-hydrogen) atoms. The molecule has 0 radical (unpaired) electrons. The molecule has 0 amide bonds. The lowest BCUT2D eigenvalue weighted by Gasteiger charge is -2.16. The maximum absolute atomic E-state index is 10.2. The minimum atomic E-state index is 0.249. The Kier molecular flexibility index (Phi) is 4.00. The highest BCUT2D eigenvalue weighted by molar-refractivity contribution is 6.02. The summed E-state index contributed by atoms with van der Waals surface area (Å²) in [5.41, 5.74) is 6.06. The number of rotatable bonds is 2. The molecule has 1 heterocycles. The van der Waals surface area contributed by atoms with Gasteiger partial charge < -0.3 is 9.52 Å². The molecule has 2 aliphatic rings. The van der Waals surface area contributed by atoms with E-state index >= 15 is 0 Å². The Balaban J connectivity index is 2.21. The normalized spacial score (nSPS) is 12.2. The second-order valence-electron chi connectivity index (χ2n) is 6.67. The standard InChI is InChI=1S/C23H21NO2/c1-4-24-19-12-21-17(10-14(19)2)23(16-8-6-5-7-9-16)18-11-15(3)20(25)13-22(18)26-21/h5-13,25H,4H2,1-3H3/p+1. The molecule has 0 bridgehead atoms. The van der Waals surface area contributed by atoms with Crippen molar-refractivity contribution in [1.82, 2.24) is 0 Å². The lowest BCUT2D eigenvalue weighted by Crippen LogP contribution is -2.76. The summed E-state index contributed by atoms with van der Waals surface area (Å²) in [6, 6.07) is 18.3. The van der Waals surface area contributed by atoms with E-state index in [2.05, 4.69) is 43.1 Å². The molecule has 1 aliphatic carbocycles. The van der Waals surface area contributed by atoms with E-state index < -0.39 is 0 Å². The maximum atomic E-state index is 10.2. The highest BCUT2D eigenvalue weighted by Crippen LogP contribution is 2.41. The van der Waals surface area contributed by atoms with Crippen molar-refractivity contribution < 1.29 is 14.5 Å². The molecule has 130 valence electrons. The lowest BCUT2D eigenvalue weighted by molar-refractivity contribution is -0.496. The van der Waals surface area contributed by atoms with Gasteiger partial charge in [-0.3, -0.25) is 0 Å². The topological polar surface area (TPSA) is 47.3 Å². The smallest absolute Gasteiger partial charge is 0.204 e. The average Bonchev–Trinajstić information content (AvgIpc) is 2.63. The molecule has 2 aromatic rings. The Labute approximate surface area is 152 Å². The summed E-state index contributed by atoms with van der Waals surface area (Å²) in [5, 5.41) is 12.2. The predicted molar refractivity (Wildman–Crippen MR) is 104 cm³/mol. The van der Waals surface area contributed by atoms with Crippen molar-refractivity contribution in [1.29, 1.82) is 0 Å². The van der Waals surface area contributed by atoms with Gasteiger partial charge in [0.1, 0.15) is 23.6 Å². The second kappa shape index (κ2) is 6.34. The van der Waals surface area contributed by atoms with Crippen LogP contribution in [0.25, 0.3) is 33.4 Å². The molecule has 0 saturated carbocycles. The maximum Gasteiger partial charge on any atom is 0.204 e. The van der Waals surface area contributed by atoms with Gasteiger partial charge in [0.25, 0.3) is 0 Å². The molecular formula is C23H22NO2+. The van der Waals surface area contributed by atoms with Gasteiger partial charge in [-0.2, -0.15) is 0 Å². The minimum Gasteiger partial charge on any atom is -0.508 e. The fourth-order valence-corrected chi connectivity index (χ4v) is 3.49. The number of fused-ring (bicyclic) bond motifs is 2. The number of hydrogen-bond donors (Lipinski definition) is 2. The highest BCUT2D eigenvalue weighted by atomic mass is 16.3. The van der Waals surface area contributed by atoms with Crippen molar-refractivity contribution >= 4 is 11.0 Å². The summed E-state index contributed by atoms with van der Waals surface area (Å²) >= 11 is 0. The zero-order chi connectivity index (χ0) is 18.3. The Morgan fingerprint density at radius 3 is 2.46 bits per heavy atom. The molecule has 0 fully saturated rings. The third-order valence-electron chi connectivity index (χ3n) is 4.81. The fraction of sp³-hybridized carbons (Fsp3) is 0.174. The first kappa shape index (κ1) is 16.4. The number of hydrogen-bond acceptors (Lipinski definition) is 2. The number of benzene rings is 3. The van der Waals surface area contributed by atoms with E-state index in [0.29, 0.717) is 5.58 Å². The van der Waals surface area contributed by atoms with Gasteiger partial charge in [-0.1, -0.05) is 30.3 Å². The lowest BCUT2D eigenvalue weighted by atomic mass is 9.92. The van der Waals surface area contributed by atoms with E-state index in [4.69, 9.17) is 4.42 Å². The largest absolute Gasteiger partial charge is 0.508 e. The summed E-state index contributed by atoms with van der Waals surface area (Å²) < 4.78 is 6.19. The Morgan fingerprint density at radius 2 is 1.73 bits per heavy atom. The van der Waals surface area contributed by atoms with Crippen LogP contribution >= 0.6 is 0 Å². The average molecular weight is 344 g/mol. The van der Waals surface area contributed by atoms with E-state index in [0.717, 1.165) is 45.3 Å². The van der Waals surface area contributed by atoms with Gasteiger partial charge in [0.05, 0.1) is 6.07 Å². The molecule has 4 rings (SSSR count). The van der Waals surface area contributed by atoms with E-state index in [-0.39, 0.29) is 5.75 Å². The van der Waals surface area contributed by atoms with Crippen molar-refractivity contribution in [2.24, 2.45) is 0 Å². The zero-order valence-corrected chi connectivity index (χ0v) is 15.3. The molecule has 0 spiro atoms. The Hall–Kier alpha value is -3.07. The van der Waals surface area contributed by atoms with E-state index in [9.17, 15) is 5.11 Å². The molecule has 3 nitrogen and oxygen atoms in total. The van der Waals surface area contributed by atoms with Crippen molar-refractivity contribution in [3.63, 3.8) is 0 Å². The van der Waals surface area contributed by atoms with Crippen LogP contribution in [0.4, 0.5) is 0 Å². The first-order valence-electron chi connectivity index (χ1n) is 8.91. The summed E-state index contributed by atoms with van der Waals surface area (Å²) in [4.78, 5) is 3.39. The van der Waals surface area contributed by atoms with Crippen molar-refractivity contribution in [3.8, 4) is 28.2 Å². The molecule has 2 aromatic carbocycles. The monoisotopic (exact) mass is 344 g/mol. The van der Waals surface area contributed by atoms with Gasteiger partial charge in [0, 0.05) is 28.1 Å². The van der Waals surface area contributed by atoms with Gasteiger partial charge in [0.15, 0.2) is 0 Å². The van der Waals surface area contributed by atoms with Crippen molar-refractivity contribution in [2.45, 2.75) is 20.8 Å². The fourth-order valence-electron chi connectivity index (χ4n) is 3.49. The quantitative estimate of drug-likeness (QED) is 0.547. The summed E-state index contributed by atoms with van der Waals surface area (Å²) in [6.45, 7) is 6.95. The predicted octanol–water partition coefficient (Wildman–Crippen LogP) is 3.53. The molecule has 0 atom stereocenters. The van der Waals surface area contributed by atoms with Crippen LogP contribution in [-0.2, 0) is 0 Å². The first-order valence-corrected chi connectivity index (χ1v) is 8.91. The van der Waals surface area contributed by atoms with E-state index in [1.807, 2.05) is 31.2 Å². The number of phenolic OH excluding ortho intramolecular Hbond substituents is 1. The third kappa shape index (κ3) is 2.66. The molecule has 1 aliphatic heterocycles. The van der Waals surface area contributed by atoms with Crippen LogP contribution < -0.4 is 10.3 Å². The van der Waals surface area contributed by atoms with Gasteiger partial charge in [-0.25, -0.2) is 4.99 Å². The van der Waals surface area contributed by atoms with Crippen molar-refractivity contribution in [3.05, 3.63) is 71.1 Å². The van der Waals surface area contributed by atoms with E-state index in [1.165, 1.54) is 5.56 Å². The van der Waals surface area contributed by atoms with Crippen LogP contribution in [-0.4, -0.2) is 11.7 Å². The number of aryl methyl sites for hydroxylation is 2. The Bertz CT molecular complexity index is 1140. The Morgan fingerprint density at radius 1 is 0.962 bits per heavy atom. The number of aromatic hydroxyl groups is 1. The molecule has 2 N–H and O–H groups in total. The molecule has 3 heteroatoms. The van der Waals surface area contributed by atoms with Crippen LogP contribution in [0, 0.1) is 13.8 Å². The number of phenols is 1. The molecule has 0 unspecified atom stereocenters. The summed E-state index contributed by atoms with van der Waals surface area (Å²) in [7, 11) is 0. The molecule has 0 aromatic heterocycles. The second-order valence-corrected chi connectivity index (χ2v) is 6.67. The van der Waals surface area contributed by atoms with Gasteiger partial charge in [-0.05, 0) is 44.0 Å². The number of nitrogens with one attached hydrogen (secondary N) is 1. The van der Waals surface area contributed by atoms with Crippen molar-refractivity contribution in [2.75, 3.05) is 6.54 Å². The summed E-state index contributed by atoms with van der Waals surface area (Å²) in [5.74, 6) is 1.06. The first-order chi connectivity index (χ1) is 12.6. The van der Waals surface area contributed by atoms with Crippen LogP contribution in [0.3, 0.4) is 0 Å². The van der Waals surface area contributed by atoms with Crippen LogP contribution in [0.5, 0.6) is 5.75 Å². The van der Waals surface area contributed by atoms with E-state index in [1.54, 1.807) is 6.07 Å². The summed E-state index contributed by atoms with van der Waals surface area (Å²) in [6.07, 6.45) is 0. The minimum absolute atomic E-state index is 0.249. The van der Waals surface area contributed by atoms with Gasteiger partial charge in [0.2, 0.25) is 5.36 Å². The zero-order valence-electron chi connectivity index (χ0n) is 15.3. The van der Waals surface area contributed by atoms with Gasteiger partial charge >= 0.3 is 0 Å². The van der Waals surface area contributed by atoms with Crippen LogP contribution in [0.15, 0.2) is 59.0 Å². The van der Waals surface area contributed by atoms with Crippen LogP contribution in [0.2, 0.25) is 0 Å². The van der Waals surface area contributed by atoms with Crippen LogP contribution in [0.1, 0.15) is 18.1 Å². The molecular weight excluding hydrogens is 322 g/mol.